The molecular formula is C13H15ClN4O2. The molecule has 0 atom stereocenters. The molecule has 0 radical (unpaired) electrons. The molecule has 1 amide bonds. The normalized spacial score (nSPS) is 15.9. The van der Waals surface area contributed by atoms with Crippen LogP contribution in [-0.2, 0) is 0 Å². The molecule has 0 saturated heterocycles. The highest BCUT2D eigenvalue weighted by molar-refractivity contribution is 6.31. The first-order valence-electron chi connectivity index (χ1n) is 6.65. The average Bonchev–Trinajstić information content (AvgIpc) is 3.05. The van der Waals surface area contributed by atoms with Crippen molar-refractivity contribution in [2.45, 2.75) is 38.6 Å². The number of carbonyl (C=O) groups is 1. The van der Waals surface area contributed by atoms with Crippen LogP contribution in [0.2, 0.25) is 5.02 Å². The molecule has 0 aromatic carbocycles. The molecule has 2 aromatic rings. The van der Waals surface area contributed by atoms with E-state index in [1.807, 2.05) is 0 Å². The van der Waals surface area contributed by atoms with Crippen LogP contribution in [0.4, 0.5) is 0 Å². The molecule has 7 heteroatoms. The third-order valence-corrected chi connectivity index (χ3v) is 4.14. The number of rotatable bonds is 2. The maximum Gasteiger partial charge on any atom is 0.291 e. The lowest BCUT2D eigenvalue weighted by Crippen LogP contribution is -2.32. The maximum absolute atomic E-state index is 12.3. The summed E-state index contributed by atoms with van der Waals surface area (Å²) in [4.78, 5) is 28.5. The summed E-state index contributed by atoms with van der Waals surface area (Å²) < 4.78 is 1.19. The number of H-pyrrole nitrogens is 1. The molecule has 2 N–H and O–H groups in total. The van der Waals surface area contributed by atoms with Gasteiger partial charge in [-0.1, -0.05) is 24.4 Å². The fourth-order valence-corrected chi connectivity index (χ4v) is 2.73. The van der Waals surface area contributed by atoms with Crippen molar-refractivity contribution in [2.75, 3.05) is 0 Å². The number of halogens is 1. The number of nitrogens with zero attached hydrogens (tertiary/aromatic N) is 2. The van der Waals surface area contributed by atoms with Crippen molar-refractivity contribution in [1.29, 1.82) is 0 Å². The summed E-state index contributed by atoms with van der Waals surface area (Å²) in [7, 11) is 0. The Hall–Kier alpha value is -1.82. The van der Waals surface area contributed by atoms with E-state index < -0.39 is 5.56 Å². The van der Waals surface area contributed by atoms with Gasteiger partial charge >= 0.3 is 0 Å². The van der Waals surface area contributed by atoms with E-state index in [0.29, 0.717) is 16.9 Å². The molecule has 0 bridgehead atoms. The fourth-order valence-electron chi connectivity index (χ4n) is 2.60. The Morgan fingerprint density at radius 2 is 2.20 bits per heavy atom. The number of carbonyl (C=O) groups excluding carboxylic acids is 1. The molecule has 0 aliphatic heterocycles. The van der Waals surface area contributed by atoms with E-state index in [0.717, 1.165) is 25.7 Å². The number of aromatic amines is 1. The van der Waals surface area contributed by atoms with Crippen molar-refractivity contribution >= 4 is 23.2 Å². The zero-order chi connectivity index (χ0) is 14.3. The highest BCUT2D eigenvalue weighted by Gasteiger charge is 2.21. The summed E-state index contributed by atoms with van der Waals surface area (Å²) >= 11 is 5.87. The first kappa shape index (κ1) is 13.2. The highest BCUT2D eigenvalue weighted by Crippen LogP contribution is 2.19. The summed E-state index contributed by atoms with van der Waals surface area (Å²) in [5.74, 6) is -0.204. The van der Waals surface area contributed by atoms with E-state index in [-0.39, 0.29) is 17.0 Å². The molecule has 2 heterocycles. The fraction of sp³-hybridized carbons (Fsp3) is 0.462. The highest BCUT2D eigenvalue weighted by atomic mass is 35.5. The van der Waals surface area contributed by atoms with Crippen LogP contribution in [0, 0.1) is 6.92 Å². The van der Waals surface area contributed by atoms with Gasteiger partial charge in [0.15, 0.2) is 5.65 Å². The van der Waals surface area contributed by atoms with Gasteiger partial charge in [0, 0.05) is 12.2 Å². The van der Waals surface area contributed by atoms with E-state index in [1.54, 1.807) is 6.92 Å². The molecule has 0 spiro atoms. The smallest absolute Gasteiger partial charge is 0.291 e. The van der Waals surface area contributed by atoms with Gasteiger partial charge in [-0.25, -0.2) is 4.98 Å². The Balaban J connectivity index is 1.99. The maximum atomic E-state index is 12.3. The van der Waals surface area contributed by atoms with Gasteiger partial charge in [0.05, 0.1) is 5.69 Å². The Bertz CT molecular complexity index is 728. The quantitative estimate of drug-likeness (QED) is 0.884. The van der Waals surface area contributed by atoms with Crippen molar-refractivity contribution in [3.05, 3.63) is 32.8 Å². The van der Waals surface area contributed by atoms with E-state index in [2.05, 4.69) is 15.4 Å². The average molecular weight is 295 g/mol. The molecule has 3 rings (SSSR count). The molecule has 2 aromatic heterocycles. The molecule has 6 nitrogen and oxygen atoms in total. The van der Waals surface area contributed by atoms with Gasteiger partial charge in [-0.3, -0.25) is 14.7 Å². The number of fused-ring (bicyclic) bond motifs is 1. The Kier molecular flexibility index (Phi) is 3.25. The van der Waals surface area contributed by atoms with Crippen molar-refractivity contribution in [1.82, 2.24) is 19.9 Å². The van der Waals surface area contributed by atoms with Crippen LogP contribution < -0.4 is 10.9 Å². The summed E-state index contributed by atoms with van der Waals surface area (Å²) in [6, 6.07) is 0.220. The van der Waals surface area contributed by atoms with Crippen LogP contribution >= 0.6 is 11.6 Å². The third-order valence-electron chi connectivity index (χ3n) is 3.71. The number of hydrogen-bond acceptors (Lipinski definition) is 3. The molecular weight excluding hydrogens is 280 g/mol. The minimum Gasteiger partial charge on any atom is -0.349 e. The van der Waals surface area contributed by atoms with Gasteiger partial charge in [0.25, 0.3) is 11.5 Å². The molecule has 106 valence electrons. The standard InChI is InChI=1S/C13H15ClN4O2/c1-7-10(14)13(20)18-11(16-7)9(6-15-18)12(19)17-8-4-2-3-5-8/h6,8,15H,2-5H2,1H3,(H,17,19). The minimum atomic E-state index is -0.394. The summed E-state index contributed by atoms with van der Waals surface area (Å²) in [6.07, 6.45) is 5.79. The van der Waals surface area contributed by atoms with E-state index in [9.17, 15) is 9.59 Å². The van der Waals surface area contributed by atoms with Crippen LogP contribution in [0.3, 0.4) is 0 Å². The summed E-state index contributed by atoms with van der Waals surface area (Å²) in [5, 5.41) is 5.77. The van der Waals surface area contributed by atoms with Crippen LogP contribution in [0.15, 0.2) is 11.0 Å². The Morgan fingerprint density at radius 1 is 1.50 bits per heavy atom. The van der Waals surface area contributed by atoms with Crippen molar-refractivity contribution in [2.24, 2.45) is 0 Å². The van der Waals surface area contributed by atoms with Gasteiger partial charge in [-0.2, -0.15) is 4.52 Å². The van der Waals surface area contributed by atoms with Crippen molar-refractivity contribution in [3.63, 3.8) is 0 Å². The van der Waals surface area contributed by atoms with Crippen molar-refractivity contribution in [3.8, 4) is 0 Å². The van der Waals surface area contributed by atoms with E-state index in [1.165, 1.54) is 10.7 Å². The van der Waals surface area contributed by atoms with Crippen LogP contribution in [-0.4, -0.2) is 26.5 Å². The van der Waals surface area contributed by atoms with Crippen molar-refractivity contribution < 1.29 is 4.79 Å². The zero-order valence-corrected chi connectivity index (χ0v) is 11.8. The summed E-state index contributed by atoms with van der Waals surface area (Å²) in [5.41, 5.74) is 0.710. The third kappa shape index (κ3) is 2.10. The summed E-state index contributed by atoms with van der Waals surface area (Å²) in [6.45, 7) is 1.65. The Morgan fingerprint density at radius 3 is 2.90 bits per heavy atom. The number of aryl methyl sites for hydroxylation is 1. The second-order valence-electron chi connectivity index (χ2n) is 5.12. The van der Waals surface area contributed by atoms with Crippen LogP contribution in [0.25, 0.3) is 5.65 Å². The SMILES string of the molecule is Cc1nc2c(C(=O)NC3CCCC3)c[nH]n2c(=O)c1Cl. The lowest BCUT2D eigenvalue weighted by Gasteiger charge is -2.10. The topological polar surface area (TPSA) is 79.3 Å². The molecule has 20 heavy (non-hydrogen) atoms. The largest absolute Gasteiger partial charge is 0.349 e. The molecule has 1 aliphatic carbocycles. The lowest BCUT2D eigenvalue weighted by atomic mass is 10.2. The van der Waals surface area contributed by atoms with E-state index >= 15 is 0 Å². The number of hydrogen-bond donors (Lipinski definition) is 2. The predicted octanol–water partition coefficient (Wildman–Crippen LogP) is 1.66. The molecule has 1 saturated carbocycles. The first-order valence-corrected chi connectivity index (χ1v) is 7.03. The lowest BCUT2D eigenvalue weighted by molar-refractivity contribution is 0.0939. The number of amides is 1. The first-order chi connectivity index (χ1) is 9.58. The van der Waals surface area contributed by atoms with Crippen LogP contribution in [0.5, 0.6) is 0 Å². The monoisotopic (exact) mass is 294 g/mol. The zero-order valence-electron chi connectivity index (χ0n) is 11.1. The Labute approximate surface area is 120 Å². The van der Waals surface area contributed by atoms with E-state index in [4.69, 9.17) is 11.6 Å². The van der Waals surface area contributed by atoms with Gasteiger partial charge in [0.1, 0.15) is 10.6 Å². The second-order valence-corrected chi connectivity index (χ2v) is 5.50. The predicted molar refractivity (Wildman–Crippen MR) is 75.3 cm³/mol. The number of nitrogens with one attached hydrogen (secondary N) is 2. The van der Waals surface area contributed by atoms with Gasteiger partial charge in [-0.05, 0) is 19.8 Å². The minimum absolute atomic E-state index is 0.0621. The second kappa shape index (κ2) is 4.94. The van der Waals surface area contributed by atoms with Gasteiger partial charge in [-0.15, -0.1) is 0 Å². The van der Waals surface area contributed by atoms with Gasteiger partial charge in [0.2, 0.25) is 0 Å². The molecule has 1 aliphatic rings. The van der Waals surface area contributed by atoms with Crippen LogP contribution in [0.1, 0.15) is 41.7 Å². The molecule has 1 fully saturated rings. The number of aromatic nitrogens is 3. The van der Waals surface area contributed by atoms with Gasteiger partial charge < -0.3 is 5.32 Å². The molecule has 0 unspecified atom stereocenters.